The maximum absolute atomic E-state index is 12.6. The van der Waals surface area contributed by atoms with Crippen molar-refractivity contribution in [3.63, 3.8) is 0 Å². The zero-order valence-corrected chi connectivity index (χ0v) is 18.4. The van der Waals surface area contributed by atoms with Crippen LogP contribution < -0.4 is 10.2 Å². The SMILES string of the molecule is CCC(CC)C(=O)N1CCN(c2ccc(NC(=O)[C@@H](Cl)c3ccccc3)cc2)CC1. The van der Waals surface area contributed by atoms with Gasteiger partial charge in [0, 0.05) is 43.5 Å². The molecule has 2 aromatic rings. The van der Waals surface area contributed by atoms with Crippen molar-refractivity contribution in [3.8, 4) is 0 Å². The molecule has 3 rings (SSSR count). The van der Waals surface area contributed by atoms with E-state index in [9.17, 15) is 9.59 Å². The highest BCUT2D eigenvalue weighted by Gasteiger charge is 2.25. The van der Waals surface area contributed by atoms with Crippen LogP contribution in [0.5, 0.6) is 0 Å². The van der Waals surface area contributed by atoms with Crippen molar-refractivity contribution in [2.45, 2.75) is 32.1 Å². The van der Waals surface area contributed by atoms with Crippen molar-refractivity contribution in [1.82, 2.24) is 4.90 Å². The number of amides is 2. The van der Waals surface area contributed by atoms with E-state index in [1.54, 1.807) is 0 Å². The van der Waals surface area contributed by atoms with Crippen molar-refractivity contribution < 1.29 is 9.59 Å². The Morgan fingerprint density at radius 3 is 2.10 bits per heavy atom. The molecule has 1 heterocycles. The number of rotatable bonds is 7. The molecule has 1 fully saturated rings. The second-order valence-corrected chi connectivity index (χ2v) is 8.07. The van der Waals surface area contributed by atoms with Crippen molar-refractivity contribution in [1.29, 1.82) is 0 Å². The Kier molecular flexibility index (Phi) is 7.75. The number of anilines is 2. The molecule has 5 nitrogen and oxygen atoms in total. The zero-order chi connectivity index (χ0) is 21.5. The van der Waals surface area contributed by atoms with E-state index in [4.69, 9.17) is 11.6 Å². The van der Waals surface area contributed by atoms with Gasteiger partial charge in [0.1, 0.15) is 5.38 Å². The number of alkyl halides is 1. The van der Waals surface area contributed by atoms with Crippen LogP contribution in [0.2, 0.25) is 0 Å². The summed E-state index contributed by atoms with van der Waals surface area (Å²) < 4.78 is 0. The molecule has 0 saturated carbocycles. The normalized spacial score (nSPS) is 15.2. The predicted molar refractivity (Wildman–Crippen MR) is 123 cm³/mol. The number of hydrogen-bond acceptors (Lipinski definition) is 3. The van der Waals surface area contributed by atoms with Gasteiger partial charge in [-0.15, -0.1) is 11.6 Å². The quantitative estimate of drug-likeness (QED) is 0.652. The lowest BCUT2D eigenvalue weighted by Crippen LogP contribution is -2.50. The Bertz CT molecular complexity index is 829. The third-order valence-corrected chi connectivity index (χ3v) is 6.20. The average molecular weight is 428 g/mol. The van der Waals surface area contributed by atoms with E-state index in [1.807, 2.05) is 59.5 Å². The Balaban J connectivity index is 1.54. The fraction of sp³-hybridized carbons (Fsp3) is 0.417. The van der Waals surface area contributed by atoms with Crippen LogP contribution in [-0.4, -0.2) is 42.9 Å². The van der Waals surface area contributed by atoms with Gasteiger partial charge >= 0.3 is 0 Å². The summed E-state index contributed by atoms with van der Waals surface area (Å²) in [5.74, 6) is 0.178. The van der Waals surface area contributed by atoms with Crippen LogP contribution in [0.25, 0.3) is 0 Å². The van der Waals surface area contributed by atoms with Gasteiger partial charge < -0.3 is 15.1 Å². The molecule has 0 unspecified atom stereocenters. The van der Waals surface area contributed by atoms with E-state index in [-0.39, 0.29) is 17.7 Å². The summed E-state index contributed by atoms with van der Waals surface area (Å²) in [5.41, 5.74) is 2.58. The van der Waals surface area contributed by atoms with Crippen molar-refractivity contribution in [2.24, 2.45) is 5.92 Å². The first-order chi connectivity index (χ1) is 14.5. The highest BCUT2D eigenvalue weighted by atomic mass is 35.5. The molecule has 1 saturated heterocycles. The van der Waals surface area contributed by atoms with Crippen LogP contribution in [0.3, 0.4) is 0 Å². The van der Waals surface area contributed by atoms with Crippen LogP contribution in [0.1, 0.15) is 37.6 Å². The third-order valence-electron chi connectivity index (χ3n) is 5.75. The third kappa shape index (κ3) is 5.33. The molecule has 2 aromatic carbocycles. The van der Waals surface area contributed by atoms with Crippen molar-refractivity contribution in [2.75, 3.05) is 36.4 Å². The number of piperazine rings is 1. The van der Waals surface area contributed by atoms with E-state index in [1.165, 1.54) is 0 Å². The molecule has 2 amide bonds. The minimum atomic E-state index is -0.730. The second kappa shape index (κ2) is 10.5. The number of nitrogens with one attached hydrogen (secondary N) is 1. The van der Waals surface area contributed by atoms with Gasteiger partial charge in [-0.05, 0) is 42.7 Å². The largest absolute Gasteiger partial charge is 0.368 e. The summed E-state index contributed by atoms with van der Waals surface area (Å²) in [5, 5.41) is 2.15. The van der Waals surface area contributed by atoms with E-state index in [0.717, 1.165) is 50.3 Å². The van der Waals surface area contributed by atoms with Crippen LogP contribution in [0.15, 0.2) is 54.6 Å². The molecule has 1 N–H and O–H groups in total. The summed E-state index contributed by atoms with van der Waals surface area (Å²) in [4.78, 5) is 29.2. The number of nitrogens with zero attached hydrogens (tertiary/aromatic N) is 2. The number of carbonyl (C=O) groups excluding carboxylic acids is 2. The molecule has 1 aliphatic heterocycles. The first-order valence-electron chi connectivity index (χ1n) is 10.7. The van der Waals surface area contributed by atoms with Gasteiger partial charge in [0.05, 0.1) is 0 Å². The minimum absolute atomic E-state index is 0.140. The summed E-state index contributed by atoms with van der Waals surface area (Å²) in [6, 6.07) is 17.1. The standard InChI is InChI=1S/C24H30ClN3O2/c1-3-18(4-2)24(30)28-16-14-27(15-17-28)21-12-10-20(11-13-21)26-23(29)22(25)19-8-6-5-7-9-19/h5-13,18,22H,3-4,14-17H2,1-2H3,(H,26,29)/t22-/m0/s1. The molecule has 6 heteroatoms. The van der Waals surface area contributed by atoms with Crippen molar-refractivity contribution >= 4 is 34.8 Å². The summed E-state index contributed by atoms with van der Waals surface area (Å²) in [7, 11) is 0. The van der Waals surface area contributed by atoms with Crippen molar-refractivity contribution in [3.05, 3.63) is 60.2 Å². The number of carbonyl (C=O) groups is 2. The van der Waals surface area contributed by atoms with Crippen LogP contribution >= 0.6 is 11.6 Å². The lowest BCUT2D eigenvalue weighted by molar-refractivity contribution is -0.136. The lowest BCUT2D eigenvalue weighted by atomic mass is 10.0. The summed E-state index contributed by atoms with van der Waals surface area (Å²) in [6.45, 7) is 7.28. The predicted octanol–water partition coefficient (Wildman–Crippen LogP) is 4.69. The molecule has 160 valence electrons. The Hall–Kier alpha value is -2.53. The number of halogens is 1. The monoisotopic (exact) mass is 427 g/mol. The fourth-order valence-corrected chi connectivity index (χ4v) is 4.02. The smallest absolute Gasteiger partial charge is 0.246 e. The van der Waals surface area contributed by atoms with Crippen LogP contribution in [0.4, 0.5) is 11.4 Å². The number of benzene rings is 2. The van der Waals surface area contributed by atoms with Crippen LogP contribution in [0, 0.1) is 5.92 Å². The Morgan fingerprint density at radius 1 is 0.933 bits per heavy atom. The van der Waals surface area contributed by atoms with E-state index in [0.29, 0.717) is 5.69 Å². The van der Waals surface area contributed by atoms with Gasteiger partial charge in [0.25, 0.3) is 0 Å². The molecule has 0 bridgehead atoms. The highest BCUT2D eigenvalue weighted by molar-refractivity contribution is 6.32. The molecule has 0 spiro atoms. The summed E-state index contributed by atoms with van der Waals surface area (Å²) >= 11 is 6.29. The van der Waals surface area contributed by atoms with Crippen LogP contribution in [-0.2, 0) is 9.59 Å². The molecule has 0 aromatic heterocycles. The highest BCUT2D eigenvalue weighted by Crippen LogP contribution is 2.24. The second-order valence-electron chi connectivity index (χ2n) is 7.64. The number of hydrogen-bond donors (Lipinski definition) is 1. The molecule has 0 radical (unpaired) electrons. The maximum Gasteiger partial charge on any atom is 0.246 e. The Morgan fingerprint density at radius 2 is 1.53 bits per heavy atom. The summed E-state index contributed by atoms with van der Waals surface area (Å²) in [6.07, 6.45) is 1.80. The fourth-order valence-electron chi connectivity index (χ4n) is 3.82. The molecule has 0 aliphatic carbocycles. The molecule has 1 atom stereocenters. The first kappa shape index (κ1) is 22.2. The van der Waals surface area contributed by atoms with E-state index < -0.39 is 5.38 Å². The molecular formula is C24H30ClN3O2. The van der Waals surface area contributed by atoms with Gasteiger partial charge in [0.15, 0.2) is 0 Å². The Labute approximate surface area is 184 Å². The first-order valence-corrected chi connectivity index (χ1v) is 11.1. The minimum Gasteiger partial charge on any atom is -0.368 e. The average Bonchev–Trinajstić information content (AvgIpc) is 2.80. The van der Waals surface area contributed by atoms with Gasteiger partial charge in [-0.1, -0.05) is 44.2 Å². The molecular weight excluding hydrogens is 398 g/mol. The van der Waals surface area contributed by atoms with E-state index >= 15 is 0 Å². The van der Waals surface area contributed by atoms with Gasteiger partial charge in [0.2, 0.25) is 11.8 Å². The molecule has 30 heavy (non-hydrogen) atoms. The lowest BCUT2D eigenvalue weighted by Gasteiger charge is -2.37. The van der Waals surface area contributed by atoms with Gasteiger partial charge in [-0.2, -0.15) is 0 Å². The molecule has 1 aliphatic rings. The van der Waals surface area contributed by atoms with E-state index in [2.05, 4.69) is 24.1 Å². The van der Waals surface area contributed by atoms with Gasteiger partial charge in [-0.25, -0.2) is 0 Å². The topological polar surface area (TPSA) is 52.7 Å². The maximum atomic E-state index is 12.6. The zero-order valence-electron chi connectivity index (χ0n) is 17.7. The van der Waals surface area contributed by atoms with Gasteiger partial charge in [-0.3, -0.25) is 9.59 Å².